The van der Waals surface area contributed by atoms with Crippen molar-refractivity contribution in [2.24, 2.45) is 0 Å². The number of anilines is 2. The molecule has 0 radical (unpaired) electrons. The van der Waals surface area contributed by atoms with Gasteiger partial charge in [0.2, 0.25) is 0 Å². The first kappa shape index (κ1) is 26.7. The van der Waals surface area contributed by atoms with Crippen molar-refractivity contribution in [3.8, 4) is 11.5 Å². The fourth-order valence-corrected chi connectivity index (χ4v) is 3.76. The van der Waals surface area contributed by atoms with Crippen molar-refractivity contribution in [2.75, 3.05) is 25.1 Å². The number of fused-ring (bicyclic) bond motifs is 1. The van der Waals surface area contributed by atoms with E-state index in [1.165, 1.54) is 12.8 Å². The molecule has 1 N–H and O–H groups in total. The number of carbonyl (C=O) groups excluding carboxylic acids is 1. The lowest BCUT2D eigenvalue weighted by Crippen LogP contribution is -2.09. The molecule has 0 saturated carbocycles. The zero-order chi connectivity index (χ0) is 26.6. The number of para-hydroxylation sites is 1. The molecule has 0 atom stereocenters. The maximum atomic E-state index is 12.3. The van der Waals surface area contributed by atoms with Crippen molar-refractivity contribution in [1.29, 1.82) is 0 Å². The highest BCUT2D eigenvalue weighted by Crippen LogP contribution is 2.21. The summed E-state index contributed by atoms with van der Waals surface area (Å²) in [6.45, 7) is 3.46. The molecule has 0 bridgehead atoms. The highest BCUT2D eigenvalue weighted by Gasteiger charge is 2.09. The minimum atomic E-state index is -0.456. The van der Waals surface area contributed by atoms with Crippen molar-refractivity contribution in [3.63, 3.8) is 0 Å². The van der Waals surface area contributed by atoms with Gasteiger partial charge < -0.3 is 23.9 Å². The minimum absolute atomic E-state index is 0.101. The normalized spacial score (nSPS) is 10.8. The number of nitrogens with one attached hydrogen (secondary N) is 1. The van der Waals surface area contributed by atoms with Gasteiger partial charge in [-0.05, 0) is 55.0 Å². The van der Waals surface area contributed by atoms with Crippen LogP contribution in [0.5, 0.6) is 11.5 Å². The van der Waals surface area contributed by atoms with Crippen LogP contribution < -0.4 is 20.4 Å². The predicted molar refractivity (Wildman–Crippen MR) is 146 cm³/mol. The number of ether oxygens (including phenoxy) is 3. The lowest BCUT2D eigenvalue weighted by atomic mass is 10.2. The van der Waals surface area contributed by atoms with E-state index < -0.39 is 5.63 Å². The Hall–Kier alpha value is -4.33. The molecule has 0 aliphatic heterocycles. The molecule has 1 aromatic heterocycles. The fourth-order valence-electron chi connectivity index (χ4n) is 3.76. The Morgan fingerprint density at radius 1 is 0.842 bits per heavy atom. The number of carbonyl (C=O) groups is 1. The van der Waals surface area contributed by atoms with Gasteiger partial charge in [0.1, 0.15) is 11.5 Å². The number of hydrogen-bond donors (Lipinski definition) is 1. The Bertz CT molecular complexity index is 1380. The summed E-state index contributed by atoms with van der Waals surface area (Å²) in [7, 11) is 0. The topological polar surface area (TPSA) is 99.9 Å². The third-order valence-electron chi connectivity index (χ3n) is 5.77. The molecule has 0 aliphatic carbocycles. The largest absolute Gasteiger partial charge is 0.494 e. The van der Waals surface area contributed by atoms with E-state index >= 15 is 0 Å². The summed E-state index contributed by atoms with van der Waals surface area (Å²) in [5, 5.41) is 3.42. The second-order valence-corrected chi connectivity index (χ2v) is 8.75. The van der Waals surface area contributed by atoms with E-state index in [1.54, 1.807) is 48.5 Å². The Morgan fingerprint density at radius 3 is 2.47 bits per heavy atom. The Balaban J connectivity index is 1.18. The Labute approximate surface area is 221 Å². The summed E-state index contributed by atoms with van der Waals surface area (Å²) in [5.41, 5.74) is 1.24. The van der Waals surface area contributed by atoms with Crippen LogP contribution in [-0.4, -0.2) is 30.8 Å². The van der Waals surface area contributed by atoms with Gasteiger partial charge in [-0.1, -0.05) is 44.4 Å². The summed E-state index contributed by atoms with van der Waals surface area (Å²) < 4.78 is 22.1. The van der Waals surface area contributed by atoms with Gasteiger partial charge in [-0.25, -0.2) is 9.59 Å². The van der Waals surface area contributed by atoms with Gasteiger partial charge in [0.05, 0.1) is 36.3 Å². The minimum Gasteiger partial charge on any atom is -0.494 e. The fraction of sp³-hybridized carbons (Fsp3) is 0.300. The molecule has 198 valence electrons. The second-order valence-electron chi connectivity index (χ2n) is 8.75. The summed E-state index contributed by atoms with van der Waals surface area (Å²) in [4.78, 5) is 28.8. The van der Waals surface area contributed by atoms with E-state index in [2.05, 4.69) is 17.2 Å². The van der Waals surface area contributed by atoms with Crippen LogP contribution in [0.4, 0.5) is 11.7 Å². The molecular formula is C30H32N2O6. The third-order valence-corrected chi connectivity index (χ3v) is 5.77. The van der Waals surface area contributed by atoms with E-state index in [1.807, 2.05) is 24.3 Å². The summed E-state index contributed by atoms with van der Waals surface area (Å²) in [6.07, 6.45) is 5.13. The van der Waals surface area contributed by atoms with E-state index in [0.717, 1.165) is 18.6 Å². The summed E-state index contributed by atoms with van der Waals surface area (Å²) in [5.74, 6) is 0.992. The van der Waals surface area contributed by atoms with Crippen LogP contribution >= 0.6 is 0 Å². The molecule has 4 rings (SSSR count). The zero-order valence-electron chi connectivity index (χ0n) is 21.5. The van der Waals surface area contributed by atoms with E-state index in [0.29, 0.717) is 47.5 Å². The van der Waals surface area contributed by atoms with Gasteiger partial charge in [-0.2, -0.15) is 4.98 Å². The van der Waals surface area contributed by atoms with Crippen LogP contribution in [0.3, 0.4) is 0 Å². The maximum Gasteiger partial charge on any atom is 0.348 e. The van der Waals surface area contributed by atoms with Gasteiger partial charge in [0.15, 0.2) is 0 Å². The van der Waals surface area contributed by atoms with E-state index in [4.69, 9.17) is 18.6 Å². The second kappa shape index (κ2) is 13.8. The molecule has 0 spiro atoms. The number of nitrogens with zero attached hydrogens (tertiary/aromatic N) is 1. The molecule has 0 aliphatic rings. The SMILES string of the molecule is CCCCCCOc1ccc(C(=O)OCCCOc2cccc(Nc3nc4ccccc4c(=O)o3)c2)cc1. The number of esters is 1. The van der Waals surface area contributed by atoms with Gasteiger partial charge in [0, 0.05) is 18.2 Å². The van der Waals surface area contributed by atoms with Crippen molar-refractivity contribution < 1.29 is 23.4 Å². The van der Waals surface area contributed by atoms with Crippen molar-refractivity contribution in [2.45, 2.75) is 39.0 Å². The lowest BCUT2D eigenvalue weighted by Gasteiger charge is -2.10. The molecule has 4 aromatic rings. The highest BCUT2D eigenvalue weighted by atomic mass is 16.5. The number of rotatable bonds is 14. The third kappa shape index (κ3) is 7.83. The van der Waals surface area contributed by atoms with E-state index in [-0.39, 0.29) is 18.6 Å². The molecular weight excluding hydrogens is 484 g/mol. The summed E-state index contributed by atoms with van der Waals surface area (Å²) >= 11 is 0. The summed E-state index contributed by atoms with van der Waals surface area (Å²) in [6, 6.07) is 21.3. The van der Waals surface area contributed by atoms with Crippen LogP contribution in [-0.2, 0) is 4.74 Å². The Morgan fingerprint density at radius 2 is 1.63 bits per heavy atom. The molecule has 1 heterocycles. The number of aromatic nitrogens is 1. The molecule has 0 fully saturated rings. The number of benzene rings is 3. The van der Waals surface area contributed by atoms with Crippen LogP contribution in [0.25, 0.3) is 10.9 Å². The molecule has 8 heteroatoms. The van der Waals surface area contributed by atoms with Crippen LogP contribution in [0.15, 0.2) is 82.0 Å². The van der Waals surface area contributed by atoms with Gasteiger partial charge >= 0.3 is 17.6 Å². The molecule has 8 nitrogen and oxygen atoms in total. The standard InChI is InChI=1S/C30H32N2O6/c1-2-3-4-7-18-35-24-16-14-22(15-17-24)28(33)37-20-9-19-36-25-11-8-10-23(21-25)31-30-32-27-13-6-5-12-26(27)29(34)38-30/h5-6,8,10-17,21H,2-4,7,9,18-20H2,1H3,(H,31,32). The van der Waals surface area contributed by atoms with Gasteiger partial charge in [-0.15, -0.1) is 0 Å². The van der Waals surface area contributed by atoms with Crippen molar-refractivity contribution >= 4 is 28.6 Å². The quantitative estimate of drug-likeness (QED) is 0.149. The van der Waals surface area contributed by atoms with Crippen LogP contribution in [0.2, 0.25) is 0 Å². The average molecular weight is 517 g/mol. The van der Waals surface area contributed by atoms with Crippen LogP contribution in [0.1, 0.15) is 49.4 Å². The molecule has 38 heavy (non-hydrogen) atoms. The van der Waals surface area contributed by atoms with Gasteiger partial charge in [0.25, 0.3) is 0 Å². The molecule has 0 saturated heterocycles. The predicted octanol–water partition coefficient (Wildman–Crippen LogP) is 6.52. The van der Waals surface area contributed by atoms with E-state index in [9.17, 15) is 9.59 Å². The first-order chi connectivity index (χ1) is 18.6. The first-order valence-electron chi connectivity index (χ1n) is 12.9. The molecule has 3 aromatic carbocycles. The van der Waals surface area contributed by atoms with Crippen molar-refractivity contribution in [1.82, 2.24) is 4.98 Å². The van der Waals surface area contributed by atoms with Crippen molar-refractivity contribution in [3.05, 3.63) is 88.8 Å². The number of unbranched alkanes of at least 4 members (excludes halogenated alkanes) is 3. The number of hydrogen-bond acceptors (Lipinski definition) is 8. The molecule has 0 amide bonds. The first-order valence-corrected chi connectivity index (χ1v) is 12.9. The molecule has 0 unspecified atom stereocenters. The maximum absolute atomic E-state index is 12.3. The van der Waals surface area contributed by atoms with Crippen LogP contribution in [0, 0.1) is 0 Å². The lowest BCUT2D eigenvalue weighted by molar-refractivity contribution is 0.0486. The van der Waals surface area contributed by atoms with Gasteiger partial charge in [-0.3, -0.25) is 0 Å². The highest BCUT2D eigenvalue weighted by molar-refractivity contribution is 5.89. The smallest absolute Gasteiger partial charge is 0.348 e. The Kier molecular flexibility index (Phi) is 9.73. The zero-order valence-corrected chi connectivity index (χ0v) is 21.5. The average Bonchev–Trinajstić information content (AvgIpc) is 2.93. The monoisotopic (exact) mass is 516 g/mol.